The predicted octanol–water partition coefficient (Wildman–Crippen LogP) is 1.90. The number of rotatable bonds is 3. The molecule has 0 aliphatic heterocycles. The molecule has 0 spiro atoms. The zero-order chi connectivity index (χ0) is 14.6. The minimum atomic E-state index is -0.910. The van der Waals surface area contributed by atoms with E-state index in [1.165, 1.54) is 11.3 Å². The van der Waals surface area contributed by atoms with Crippen LogP contribution in [0.1, 0.15) is 53.1 Å². The van der Waals surface area contributed by atoms with Crippen molar-refractivity contribution in [3.05, 3.63) is 21.9 Å². The largest absolute Gasteiger partial charge is 0.389 e. The fourth-order valence-corrected chi connectivity index (χ4v) is 3.24. The highest BCUT2D eigenvalue weighted by Crippen LogP contribution is 2.30. The Balaban J connectivity index is 1.78. The molecule has 5 nitrogen and oxygen atoms in total. The molecule has 0 unspecified atom stereocenters. The van der Waals surface area contributed by atoms with Gasteiger partial charge >= 0.3 is 0 Å². The lowest BCUT2D eigenvalue weighted by molar-refractivity contribution is -0.128. The number of hydrazine groups is 1. The summed E-state index contributed by atoms with van der Waals surface area (Å²) in [5.41, 5.74) is 3.84. The molecule has 1 saturated carbocycles. The molecule has 0 aromatic carbocycles. The number of carbonyl (C=O) groups is 2. The number of hydrogen-bond donors (Lipinski definition) is 3. The number of thiophene rings is 1. The molecule has 110 valence electrons. The molecule has 3 N–H and O–H groups in total. The van der Waals surface area contributed by atoms with Crippen molar-refractivity contribution in [3.63, 3.8) is 0 Å². The van der Waals surface area contributed by atoms with Crippen LogP contribution in [0.5, 0.6) is 0 Å². The molecule has 6 heteroatoms. The zero-order valence-corrected chi connectivity index (χ0v) is 12.4. The first kappa shape index (κ1) is 15.0. The van der Waals surface area contributed by atoms with E-state index in [4.69, 9.17) is 0 Å². The normalized spacial score (nSPS) is 17.5. The number of carbonyl (C=O) groups excluding carboxylic acids is 2. The van der Waals surface area contributed by atoms with Crippen LogP contribution in [-0.4, -0.2) is 22.5 Å². The number of hydrogen-bond acceptors (Lipinski definition) is 4. The Labute approximate surface area is 122 Å². The highest BCUT2D eigenvalue weighted by Gasteiger charge is 2.31. The highest BCUT2D eigenvalue weighted by atomic mass is 32.1. The summed E-state index contributed by atoms with van der Waals surface area (Å²) in [5.74, 6) is -0.678. The van der Waals surface area contributed by atoms with Gasteiger partial charge in [0.05, 0.1) is 16.9 Å². The van der Waals surface area contributed by atoms with Crippen LogP contribution < -0.4 is 10.9 Å². The van der Waals surface area contributed by atoms with E-state index < -0.39 is 5.60 Å². The Morgan fingerprint density at radius 2 is 1.95 bits per heavy atom. The van der Waals surface area contributed by atoms with Gasteiger partial charge in [-0.2, -0.15) is 0 Å². The molecule has 1 aromatic heterocycles. The van der Waals surface area contributed by atoms with E-state index in [2.05, 4.69) is 10.9 Å². The lowest BCUT2D eigenvalue weighted by Crippen LogP contribution is -2.45. The molecular weight excluding hydrogens is 276 g/mol. The predicted molar refractivity (Wildman–Crippen MR) is 77.3 cm³/mol. The molecule has 0 radical (unpaired) electrons. The monoisotopic (exact) mass is 296 g/mol. The van der Waals surface area contributed by atoms with Crippen molar-refractivity contribution in [1.29, 1.82) is 0 Å². The first-order valence-corrected chi connectivity index (χ1v) is 7.68. The van der Waals surface area contributed by atoms with Crippen molar-refractivity contribution in [1.82, 2.24) is 10.9 Å². The Bertz CT molecular complexity index is 492. The average Bonchev–Trinajstić information content (AvgIpc) is 2.83. The van der Waals surface area contributed by atoms with Crippen LogP contribution in [0.15, 0.2) is 12.1 Å². The summed E-state index contributed by atoms with van der Waals surface area (Å²) >= 11 is 1.37. The van der Waals surface area contributed by atoms with E-state index in [0.29, 0.717) is 17.7 Å². The van der Waals surface area contributed by atoms with Gasteiger partial charge < -0.3 is 5.11 Å². The maximum Gasteiger partial charge on any atom is 0.279 e. The third kappa shape index (κ3) is 4.05. The zero-order valence-electron chi connectivity index (χ0n) is 11.6. The van der Waals surface area contributed by atoms with Crippen molar-refractivity contribution in [2.45, 2.75) is 51.0 Å². The van der Waals surface area contributed by atoms with Gasteiger partial charge in [0, 0.05) is 4.88 Å². The molecule has 1 aromatic rings. The summed E-state index contributed by atoms with van der Waals surface area (Å²) in [6.07, 6.45) is 4.35. The summed E-state index contributed by atoms with van der Waals surface area (Å²) in [4.78, 5) is 25.1. The summed E-state index contributed by atoms with van der Waals surface area (Å²) in [5, 5.41) is 10.3. The number of aryl methyl sites for hydroxylation is 1. The van der Waals surface area contributed by atoms with Crippen molar-refractivity contribution in [3.8, 4) is 0 Å². The van der Waals surface area contributed by atoms with E-state index in [9.17, 15) is 14.7 Å². The molecule has 0 atom stereocenters. The minimum Gasteiger partial charge on any atom is -0.389 e. The van der Waals surface area contributed by atoms with Gasteiger partial charge in [-0.1, -0.05) is 19.3 Å². The van der Waals surface area contributed by atoms with E-state index in [-0.39, 0.29) is 18.2 Å². The Kier molecular flexibility index (Phi) is 4.77. The van der Waals surface area contributed by atoms with Crippen LogP contribution >= 0.6 is 11.3 Å². The fraction of sp³-hybridized carbons (Fsp3) is 0.571. The topological polar surface area (TPSA) is 78.4 Å². The highest BCUT2D eigenvalue weighted by molar-refractivity contribution is 7.13. The molecule has 0 bridgehead atoms. The first-order chi connectivity index (χ1) is 9.48. The standard InChI is InChI=1S/C14H20N2O3S/c1-10-5-6-11(20-10)13(18)16-15-12(17)9-14(19)7-3-2-4-8-14/h5-6,19H,2-4,7-9H2,1H3,(H,15,17)(H,16,18). The summed E-state index contributed by atoms with van der Waals surface area (Å²) in [7, 11) is 0. The molecule has 20 heavy (non-hydrogen) atoms. The van der Waals surface area contributed by atoms with E-state index in [1.54, 1.807) is 6.07 Å². The summed E-state index contributed by atoms with van der Waals surface area (Å²) in [6.45, 7) is 1.92. The van der Waals surface area contributed by atoms with Crippen LogP contribution in [0.25, 0.3) is 0 Å². The molecule has 1 aliphatic carbocycles. The summed E-state index contributed by atoms with van der Waals surface area (Å²) < 4.78 is 0. The van der Waals surface area contributed by atoms with Crippen molar-refractivity contribution in [2.75, 3.05) is 0 Å². The third-order valence-electron chi connectivity index (χ3n) is 3.55. The maximum absolute atomic E-state index is 11.8. The van der Waals surface area contributed by atoms with Gasteiger partial charge in [0.15, 0.2) is 0 Å². The lowest BCUT2D eigenvalue weighted by Gasteiger charge is -2.31. The Morgan fingerprint density at radius 3 is 2.55 bits per heavy atom. The van der Waals surface area contributed by atoms with Crippen LogP contribution in [0, 0.1) is 6.92 Å². The molecule has 1 heterocycles. The van der Waals surface area contributed by atoms with Crippen molar-refractivity contribution >= 4 is 23.2 Å². The molecule has 1 fully saturated rings. The van der Waals surface area contributed by atoms with Gasteiger partial charge in [0.25, 0.3) is 5.91 Å². The van der Waals surface area contributed by atoms with Gasteiger partial charge in [0.2, 0.25) is 5.91 Å². The number of aliphatic hydroxyl groups is 1. The fourth-order valence-electron chi connectivity index (χ4n) is 2.47. The van der Waals surface area contributed by atoms with E-state index in [0.717, 1.165) is 24.1 Å². The number of nitrogens with one attached hydrogen (secondary N) is 2. The molecule has 2 rings (SSSR count). The van der Waals surface area contributed by atoms with Crippen molar-refractivity contribution < 1.29 is 14.7 Å². The first-order valence-electron chi connectivity index (χ1n) is 6.87. The van der Waals surface area contributed by atoms with Gasteiger partial charge in [-0.25, -0.2) is 0 Å². The second-order valence-corrected chi connectivity index (χ2v) is 6.66. The van der Waals surface area contributed by atoms with Gasteiger partial charge in [-0.15, -0.1) is 11.3 Å². The Hall–Kier alpha value is -1.40. The number of amides is 2. The minimum absolute atomic E-state index is 0.0384. The second kappa shape index (κ2) is 6.37. The smallest absolute Gasteiger partial charge is 0.279 e. The van der Waals surface area contributed by atoms with E-state index in [1.807, 2.05) is 13.0 Å². The third-order valence-corrected chi connectivity index (χ3v) is 4.55. The molecular formula is C14H20N2O3S. The van der Waals surface area contributed by atoms with Crippen LogP contribution in [-0.2, 0) is 4.79 Å². The van der Waals surface area contributed by atoms with Gasteiger partial charge in [-0.3, -0.25) is 20.4 Å². The SMILES string of the molecule is Cc1ccc(C(=O)NNC(=O)CC2(O)CCCCC2)s1. The van der Waals surface area contributed by atoms with Gasteiger partial charge in [-0.05, 0) is 31.9 Å². The van der Waals surface area contributed by atoms with E-state index >= 15 is 0 Å². The Morgan fingerprint density at radius 1 is 1.25 bits per heavy atom. The quantitative estimate of drug-likeness (QED) is 0.745. The van der Waals surface area contributed by atoms with Crippen LogP contribution in [0.4, 0.5) is 0 Å². The van der Waals surface area contributed by atoms with Crippen LogP contribution in [0.2, 0.25) is 0 Å². The average molecular weight is 296 g/mol. The molecule has 0 saturated heterocycles. The molecule has 1 aliphatic rings. The lowest BCUT2D eigenvalue weighted by atomic mass is 9.82. The second-order valence-electron chi connectivity index (χ2n) is 5.37. The molecule has 2 amide bonds. The maximum atomic E-state index is 11.8. The van der Waals surface area contributed by atoms with Gasteiger partial charge in [0.1, 0.15) is 0 Å². The summed E-state index contributed by atoms with van der Waals surface area (Å²) in [6, 6.07) is 3.57. The van der Waals surface area contributed by atoms with Crippen LogP contribution in [0.3, 0.4) is 0 Å². The van der Waals surface area contributed by atoms with Crippen molar-refractivity contribution in [2.24, 2.45) is 0 Å².